The molecule has 0 fully saturated rings. The fourth-order valence-electron chi connectivity index (χ4n) is 0. The van der Waals surface area contributed by atoms with Crippen molar-refractivity contribution in [3.63, 3.8) is 0 Å². The summed E-state index contributed by atoms with van der Waals surface area (Å²) in [7, 11) is 0. The van der Waals surface area contributed by atoms with Gasteiger partial charge in [-0.15, -0.1) is 0 Å². The van der Waals surface area contributed by atoms with E-state index in [-0.39, 0.29) is 34.2 Å². The van der Waals surface area contributed by atoms with Crippen LogP contribution in [0.5, 0.6) is 0 Å². The van der Waals surface area contributed by atoms with Crippen molar-refractivity contribution in [1.29, 1.82) is 0 Å². The zero-order chi connectivity index (χ0) is 4.28. The molecule has 6 heavy (non-hydrogen) atoms. The summed E-state index contributed by atoms with van der Waals surface area (Å²) in [5, 5.41) is 0. The van der Waals surface area contributed by atoms with Gasteiger partial charge in [-0.05, 0) is 11.1 Å². The van der Waals surface area contributed by atoms with Crippen LogP contribution in [0, 0.1) is 0 Å². The molecule has 0 N–H and O–H groups in total. The van der Waals surface area contributed by atoms with Crippen LogP contribution in [0.25, 0.3) is 0 Å². The Labute approximate surface area is 69.4 Å². The van der Waals surface area contributed by atoms with Crippen LogP contribution in [0.15, 0.2) is 0 Å². The van der Waals surface area contributed by atoms with Crippen LogP contribution in [0.1, 0.15) is 0 Å². The minimum Gasteiger partial charge on any atom is -0.772 e. The first-order valence-corrected chi connectivity index (χ1v) is 3.25. The van der Waals surface area contributed by atoms with E-state index in [1.54, 1.807) is 0 Å². The molecular weight excluding hydrogens is 179 g/mol. The quantitative estimate of drug-likeness (QED) is 0.249. The predicted octanol–water partition coefficient (Wildman–Crippen LogP) is -2.78. The Morgan fingerprint density at radius 2 is 2.00 bits per heavy atom. The standard InChI is InChI=1S/CH3BrO2S.Na/c2-1-5(3)4;/h1H2,(H,3,4);/q;+1/p-1. The molecule has 0 bridgehead atoms. The van der Waals surface area contributed by atoms with Gasteiger partial charge in [-0.1, -0.05) is 15.9 Å². The van der Waals surface area contributed by atoms with Crippen LogP contribution in [-0.4, -0.2) is 13.4 Å². The van der Waals surface area contributed by atoms with Crippen LogP contribution in [0.4, 0.5) is 0 Å². The van der Waals surface area contributed by atoms with Gasteiger partial charge < -0.3 is 4.55 Å². The van der Waals surface area contributed by atoms with Crippen molar-refractivity contribution in [2.45, 2.75) is 0 Å². The molecule has 0 amide bonds. The molecule has 32 valence electrons. The third-order valence-corrected chi connectivity index (χ3v) is 1.39. The molecule has 2 nitrogen and oxygen atoms in total. The molecule has 0 aliphatic heterocycles. The van der Waals surface area contributed by atoms with Gasteiger partial charge in [-0.3, -0.25) is 4.21 Å². The van der Waals surface area contributed by atoms with E-state index in [1.165, 1.54) is 0 Å². The molecule has 0 radical (unpaired) electrons. The summed E-state index contributed by atoms with van der Waals surface area (Å²) in [5.41, 5.74) is 0. The van der Waals surface area contributed by atoms with Crippen molar-refractivity contribution in [3.05, 3.63) is 0 Å². The van der Waals surface area contributed by atoms with Crippen LogP contribution >= 0.6 is 15.9 Å². The van der Waals surface area contributed by atoms with Crippen LogP contribution in [0.3, 0.4) is 0 Å². The molecular formula is CH2BrNaO2S. The summed E-state index contributed by atoms with van der Waals surface area (Å²) in [4.78, 5) is 0. The van der Waals surface area contributed by atoms with Crippen molar-refractivity contribution in [1.82, 2.24) is 0 Å². The zero-order valence-corrected chi connectivity index (χ0v) is 7.71. The summed E-state index contributed by atoms with van der Waals surface area (Å²) < 4.78 is 18.7. The summed E-state index contributed by atoms with van der Waals surface area (Å²) in [6.07, 6.45) is 0. The maximum atomic E-state index is 9.32. The Bertz CT molecular complexity index is 48.8. The van der Waals surface area contributed by atoms with E-state index in [1.807, 2.05) is 0 Å². The largest absolute Gasteiger partial charge is 1.00 e. The van der Waals surface area contributed by atoms with Gasteiger partial charge >= 0.3 is 29.6 Å². The second-order valence-electron chi connectivity index (χ2n) is 0.413. The predicted molar refractivity (Wildman–Crippen MR) is 22.7 cm³/mol. The molecule has 0 aromatic carbocycles. The Balaban J connectivity index is 0. The number of alkyl halides is 1. The number of halogens is 1. The van der Waals surface area contributed by atoms with Crippen molar-refractivity contribution in [2.75, 3.05) is 4.66 Å². The molecule has 0 saturated carbocycles. The maximum absolute atomic E-state index is 9.32. The fraction of sp³-hybridized carbons (Fsp3) is 1.00. The third-order valence-electron chi connectivity index (χ3n) is 0.0891. The SMILES string of the molecule is O=S([O-])CBr.[Na+]. The molecule has 0 aromatic heterocycles. The number of hydrogen-bond donors (Lipinski definition) is 0. The molecule has 0 spiro atoms. The molecule has 0 rings (SSSR count). The Morgan fingerprint density at radius 3 is 2.00 bits per heavy atom. The van der Waals surface area contributed by atoms with Gasteiger partial charge in [0.05, 0.1) is 4.66 Å². The summed E-state index contributed by atoms with van der Waals surface area (Å²) in [5.74, 6) is 0. The van der Waals surface area contributed by atoms with Gasteiger partial charge in [0, 0.05) is 0 Å². The van der Waals surface area contributed by atoms with E-state index in [4.69, 9.17) is 0 Å². The number of rotatable bonds is 1. The summed E-state index contributed by atoms with van der Waals surface area (Å²) in [6.45, 7) is 0. The first kappa shape index (κ1) is 10.5. The van der Waals surface area contributed by atoms with Gasteiger partial charge in [-0.2, -0.15) is 0 Å². The van der Waals surface area contributed by atoms with E-state index in [9.17, 15) is 8.76 Å². The minimum atomic E-state index is -1.91. The molecule has 0 aromatic rings. The van der Waals surface area contributed by atoms with E-state index in [2.05, 4.69) is 15.9 Å². The van der Waals surface area contributed by atoms with E-state index in [0.29, 0.717) is 0 Å². The van der Waals surface area contributed by atoms with Crippen molar-refractivity contribution in [3.8, 4) is 0 Å². The third kappa shape index (κ3) is 9.14. The normalized spacial score (nSPS) is 12.3. The van der Waals surface area contributed by atoms with E-state index < -0.39 is 11.1 Å². The van der Waals surface area contributed by atoms with Crippen molar-refractivity contribution >= 4 is 27.0 Å². The topological polar surface area (TPSA) is 40.1 Å². The minimum absolute atomic E-state index is 0. The van der Waals surface area contributed by atoms with Crippen LogP contribution in [0.2, 0.25) is 0 Å². The summed E-state index contributed by atoms with van der Waals surface area (Å²) in [6, 6.07) is 0. The summed E-state index contributed by atoms with van der Waals surface area (Å²) >= 11 is 0.795. The van der Waals surface area contributed by atoms with Gasteiger partial charge in [0.15, 0.2) is 0 Å². The van der Waals surface area contributed by atoms with Gasteiger partial charge in [-0.25, -0.2) is 0 Å². The van der Waals surface area contributed by atoms with Crippen LogP contribution < -0.4 is 29.6 Å². The molecule has 0 aliphatic carbocycles. The van der Waals surface area contributed by atoms with E-state index in [0.717, 1.165) is 0 Å². The Kier molecular flexibility index (Phi) is 11.6. The molecule has 0 heterocycles. The molecule has 1 unspecified atom stereocenters. The average molecular weight is 181 g/mol. The van der Waals surface area contributed by atoms with E-state index >= 15 is 0 Å². The molecule has 0 aliphatic rings. The fourth-order valence-corrected chi connectivity index (χ4v) is 0. The average Bonchev–Trinajstić information content (AvgIpc) is 1.38. The second kappa shape index (κ2) is 6.59. The maximum Gasteiger partial charge on any atom is 1.00 e. The van der Waals surface area contributed by atoms with Crippen molar-refractivity contribution < 1.29 is 38.3 Å². The Morgan fingerprint density at radius 1 is 1.83 bits per heavy atom. The smallest absolute Gasteiger partial charge is 0.772 e. The first-order chi connectivity index (χ1) is 2.27. The molecule has 0 saturated heterocycles. The first-order valence-electron chi connectivity index (χ1n) is 0.889. The zero-order valence-electron chi connectivity index (χ0n) is 3.31. The Hall–Kier alpha value is 1.59. The van der Waals surface area contributed by atoms with Crippen LogP contribution in [-0.2, 0) is 11.1 Å². The second-order valence-corrected chi connectivity index (χ2v) is 2.61. The molecule has 5 heteroatoms. The van der Waals surface area contributed by atoms with Gasteiger partial charge in [0.1, 0.15) is 0 Å². The monoisotopic (exact) mass is 180 g/mol. The number of hydrogen-bond acceptors (Lipinski definition) is 2. The molecule has 1 atom stereocenters. The van der Waals surface area contributed by atoms with Crippen molar-refractivity contribution in [2.24, 2.45) is 0 Å². The van der Waals surface area contributed by atoms with Gasteiger partial charge in [0.25, 0.3) is 0 Å². The van der Waals surface area contributed by atoms with Gasteiger partial charge in [0.2, 0.25) is 0 Å².